The summed E-state index contributed by atoms with van der Waals surface area (Å²) in [4.78, 5) is 11.7. The number of nitrogens with one attached hydrogen (secondary N) is 1. The highest BCUT2D eigenvalue weighted by molar-refractivity contribution is 7.89. The summed E-state index contributed by atoms with van der Waals surface area (Å²) in [6, 6.07) is 9.36. The van der Waals surface area contributed by atoms with Gasteiger partial charge in [-0.15, -0.1) is 0 Å². The number of carbonyl (C=O) groups excluding carboxylic acids is 1. The van der Waals surface area contributed by atoms with Crippen LogP contribution in [0.3, 0.4) is 0 Å². The number of aryl methyl sites for hydroxylation is 1. The minimum atomic E-state index is -3.77. The minimum absolute atomic E-state index is 0.00136. The molecule has 126 valence electrons. The zero-order chi connectivity index (χ0) is 17.3. The second kappa shape index (κ2) is 6.33. The van der Waals surface area contributed by atoms with E-state index in [0.29, 0.717) is 18.4 Å². The first-order valence-electron chi connectivity index (χ1n) is 7.40. The van der Waals surface area contributed by atoms with E-state index in [1.54, 1.807) is 12.1 Å². The molecule has 0 radical (unpaired) electrons. The number of methoxy groups -OCH3 is 1. The fraction of sp³-hybridized carbons (Fsp3) is 0.235. The number of esters is 1. The molecule has 1 N–H and O–H groups in total. The van der Waals surface area contributed by atoms with Gasteiger partial charge in [-0.3, -0.25) is 0 Å². The van der Waals surface area contributed by atoms with Gasteiger partial charge < -0.3 is 4.74 Å². The van der Waals surface area contributed by atoms with E-state index in [-0.39, 0.29) is 4.90 Å². The Morgan fingerprint density at radius 1 is 1.21 bits per heavy atom. The molecule has 0 heterocycles. The Hall–Kier alpha value is -2.25. The zero-order valence-corrected chi connectivity index (χ0v) is 13.8. The fourth-order valence-electron chi connectivity index (χ4n) is 2.84. The Kier molecular flexibility index (Phi) is 4.38. The number of benzene rings is 2. The van der Waals surface area contributed by atoms with Crippen LogP contribution in [0, 0.1) is 5.82 Å². The summed E-state index contributed by atoms with van der Waals surface area (Å²) in [5.74, 6) is -0.965. The van der Waals surface area contributed by atoms with E-state index in [2.05, 4.69) is 4.72 Å². The summed E-state index contributed by atoms with van der Waals surface area (Å²) < 4.78 is 45.2. The molecule has 1 atom stereocenters. The summed E-state index contributed by atoms with van der Waals surface area (Å²) in [7, 11) is -2.48. The van der Waals surface area contributed by atoms with Gasteiger partial charge in [-0.05, 0) is 60.4 Å². The number of halogens is 1. The van der Waals surface area contributed by atoms with E-state index >= 15 is 0 Å². The van der Waals surface area contributed by atoms with E-state index < -0.39 is 27.9 Å². The number of fused-ring (bicyclic) bond motifs is 1. The summed E-state index contributed by atoms with van der Waals surface area (Å²) in [5.41, 5.74) is 2.14. The van der Waals surface area contributed by atoms with Gasteiger partial charge in [0, 0.05) is 6.04 Å². The molecule has 0 aliphatic heterocycles. The predicted octanol–water partition coefficient (Wildman–Crippen LogP) is 2.58. The Balaban J connectivity index is 1.88. The van der Waals surface area contributed by atoms with Crippen LogP contribution in [0.4, 0.5) is 4.39 Å². The molecular formula is C17H16FNO4S. The van der Waals surface area contributed by atoms with Crippen molar-refractivity contribution < 1.29 is 22.3 Å². The largest absolute Gasteiger partial charge is 0.465 e. The first kappa shape index (κ1) is 16.6. The van der Waals surface area contributed by atoms with Crippen molar-refractivity contribution in [3.05, 3.63) is 65.0 Å². The van der Waals surface area contributed by atoms with Crippen LogP contribution < -0.4 is 4.72 Å². The maximum atomic E-state index is 13.0. The molecule has 1 aliphatic carbocycles. The van der Waals surface area contributed by atoms with Gasteiger partial charge in [-0.1, -0.05) is 6.07 Å². The zero-order valence-electron chi connectivity index (χ0n) is 13.0. The summed E-state index contributed by atoms with van der Waals surface area (Å²) >= 11 is 0. The van der Waals surface area contributed by atoms with E-state index in [0.717, 1.165) is 23.3 Å². The van der Waals surface area contributed by atoms with Crippen molar-refractivity contribution in [2.45, 2.75) is 23.8 Å². The molecule has 0 saturated heterocycles. The first-order valence-corrected chi connectivity index (χ1v) is 8.88. The molecule has 0 fully saturated rings. The summed E-state index contributed by atoms with van der Waals surface area (Å²) in [5, 5.41) is 0. The third-order valence-electron chi connectivity index (χ3n) is 4.07. The van der Waals surface area contributed by atoms with Crippen LogP contribution in [0.25, 0.3) is 0 Å². The van der Waals surface area contributed by atoms with E-state index in [1.165, 1.54) is 19.2 Å². The summed E-state index contributed by atoms with van der Waals surface area (Å²) in [6.45, 7) is 0. The monoisotopic (exact) mass is 349 g/mol. The van der Waals surface area contributed by atoms with Crippen molar-refractivity contribution in [3.63, 3.8) is 0 Å². The van der Waals surface area contributed by atoms with Crippen molar-refractivity contribution in [2.24, 2.45) is 0 Å². The molecule has 0 saturated carbocycles. The van der Waals surface area contributed by atoms with Gasteiger partial charge in [-0.25, -0.2) is 22.3 Å². The second-order valence-corrected chi connectivity index (χ2v) is 7.29. The average molecular weight is 349 g/mol. The maximum Gasteiger partial charge on any atom is 0.337 e. The molecule has 0 spiro atoms. The van der Waals surface area contributed by atoms with Crippen LogP contribution in [0.15, 0.2) is 47.4 Å². The van der Waals surface area contributed by atoms with Crippen molar-refractivity contribution in [2.75, 3.05) is 7.11 Å². The van der Waals surface area contributed by atoms with Gasteiger partial charge >= 0.3 is 5.97 Å². The van der Waals surface area contributed by atoms with Crippen LogP contribution in [0.2, 0.25) is 0 Å². The van der Waals surface area contributed by atoms with Gasteiger partial charge in [-0.2, -0.15) is 0 Å². The maximum absolute atomic E-state index is 13.0. The number of carbonyl (C=O) groups is 1. The van der Waals surface area contributed by atoms with Gasteiger partial charge in [0.05, 0.1) is 17.6 Å². The SMILES string of the molecule is COC(=O)c1ccc2c(c1)[C@H](NS(=O)(=O)c1ccc(F)cc1)CC2. The molecule has 0 unspecified atom stereocenters. The van der Waals surface area contributed by atoms with Crippen LogP contribution in [0.1, 0.15) is 33.9 Å². The van der Waals surface area contributed by atoms with Crippen LogP contribution in [-0.4, -0.2) is 21.5 Å². The van der Waals surface area contributed by atoms with Crippen molar-refractivity contribution in [3.8, 4) is 0 Å². The molecule has 0 bridgehead atoms. The summed E-state index contributed by atoms with van der Waals surface area (Å²) in [6.07, 6.45) is 1.31. The lowest BCUT2D eigenvalue weighted by Crippen LogP contribution is -2.27. The highest BCUT2D eigenvalue weighted by atomic mass is 32.2. The number of hydrogen-bond acceptors (Lipinski definition) is 4. The topological polar surface area (TPSA) is 72.5 Å². The number of hydrogen-bond donors (Lipinski definition) is 1. The van der Waals surface area contributed by atoms with Crippen LogP contribution in [-0.2, 0) is 21.2 Å². The molecule has 3 rings (SSSR count). The van der Waals surface area contributed by atoms with Gasteiger partial charge in [0.2, 0.25) is 10.0 Å². The smallest absolute Gasteiger partial charge is 0.337 e. The van der Waals surface area contributed by atoms with E-state index in [4.69, 9.17) is 4.74 Å². The lowest BCUT2D eigenvalue weighted by molar-refractivity contribution is 0.0600. The minimum Gasteiger partial charge on any atom is -0.465 e. The average Bonchev–Trinajstić information content (AvgIpc) is 2.96. The standard InChI is InChI=1S/C17H16FNO4S/c1-23-17(20)12-3-2-11-4-9-16(15(11)10-12)19-24(21,22)14-7-5-13(18)6-8-14/h2-3,5-8,10,16,19H,4,9H2,1H3/t16-/m1/s1. The number of rotatable bonds is 4. The molecule has 2 aromatic carbocycles. The molecule has 0 amide bonds. The van der Waals surface area contributed by atoms with Gasteiger partial charge in [0.25, 0.3) is 0 Å². The molecule has 7 heteroatoms. The number of sulfonamides is 1. The van der Waals surface area contributed by atoms with E-state index in [1.807, 2.05) is 6.07 Å². The van der Waals surface area contributed by atoms with Crippen molar-refractivity contribution in [1.29, 1.82) is 0 Å². The van der Waals surface area contributed by atoms with Crippen LogP contribution in [0.5, 0.6) is 0 Å². The third-order valence-corrected chi connectivity index (χ3v) is 5.55. The molecule has 5 nitrogen and oxygen atoms in total. The third kappa shape index (κ3) is 3.18. The lowest BCUT2D eigenvalue weighted by atomic mass is 10.0. The predicted molar refractivity (Wildman–Crippen MR) is 85.6 cm³/mol. The highest BCUT2D eigenvalue weighted by Gasteiger charge is 2.28. The lowest BCUT2D eigenvalue weighted by Gasteiger charge is -2.15. The van der Waals surface area contributed by atoms with Crippen molar-refractivity contribution in [1.82, 2.24) is 4.72 Å². The normalized spacial score (nSPS) is 16.7. The molecule has 1 aliphatic rings. The van der Waals surface area contributed by atoms with Gasteiger partial charge in [0.1, 0.15) is 5.82 Å². The molecule has 24 heavy (non-hydrogen) atoms. The molecular weight excluding hydrogens is 333 g/mol. The fourth-order valence-corrected chi connectivity index (χ4v) is 4.09. The first-order chi connectivity index (χ1) is 11.4. The van der Waals surface area contributed by atoms with Gasteiger partial charge in [0.15, 0.2) is 0 Å². The Labute approximate surface area is 139 Å². The van der Waals surface area contributed by atoms with E-state index in [9.17, 15) is 17.6 Å². The number of ether oxygens (including phenoxy) is 1. The molecule has 2 aromatic rings. The highest BCUT2D eigenvalue weighted by Crippen LogP contribution is 2.33. The Morgan fingerprint density at radius 3 is 2.58 bits per heavy atom. The quantitative estimate of drug-likeness (QED) is 0.861. The molecule has 0 aromatic heterocycles. The van der Waals surface area contributed by atoms with Crippen LogP contribution >= 0.6 is 0 Å². The second-order valence-electron chi connectivity index (χ2n) is 5.57. The Bertz CT molecular complexity index is 878. The Morgan fingerprint density at radius 2 is 1.92 bits per heavy atom. The van der Waals surface area contributed by atoms with Crippen molar-refractivity contribution >= 4 is 16.0 Å².